The topological polar surface area (TPSA) is 225 Å². The number of aliphatic hydroxyl groups excluding tert-OH is 6. The second-order valence-corrected chi connectivity index (χ2v) is 10.2. The summed E-state index contributed by atoms with van der Waals surface area (Å²) in [5.74, 6) is -0.947. The first kappa shape index (κ1) is 29.4. The summed E-state index contributed by atoms with van der Waals surface area (Å²) in [6.45, 7) is 0.716. The van der Waals surface area contributed by atoms with Crippen LogP contribution in [-0.2, 0) is 14.2 Å². The Kier molecular flexibility index (Phi) is 8.39. The SMILES string of the molecule is C[C@@H]1O[C@@H](O[C@H]2[C@H](Oc3cc(O)c4c(c3)O[C@@H](c3ccc(O)cc3)CC4=O)O[C@H](CO)[C@@H](O)[C@H]2O)[C@H](O)[C@H](O)[C@H]1O. The van der Waals surface area contributed by atoms with Gasteiger partial charge >= 0.3 is 0 Å². The van der Waals surface area contributed by atoms with E-state index in [1.165, 1.54) is 25.1 Å². The Balaban J connectivity index is 1.41. The number of phenols is 2. The van der Waals surface area contributed by atoms with Gasteiger partial charge in [0.2, 0.25) is 6.29 Å². The summed E-state index contributed by atoms with van der Waals surface area (Å²) >= 11 is 0. The monoisotopic (exact) mass is 580 g/mol. The van der Waals surface area contributed by atoms with Crippen molar-refractivity contribution in [2.24, 2.45) is 0 Å². The van der Waals surface area contributed by atoms with Gasteiger partial charge < -0.3 is 64.5 Å². The van der Waals surface area contributed by atoms with Crippen molar-refractivity contribution in [1.82, 2.24) is 0 Å². The fourth-order valence-corrected chi connectivity index (χ4v) is 5.07. The molecule has 41 heavy (non-hydrogen) atoms. The third kappa shape index (κ3) is 5.70. The number of hydrogen-bond donors (Lipinski definition) is 8. The summed E-state index contributed by atoms with van der Waals surface area (Å²) in [6.07, 6.45) is -16.0. The van der Waals surface area contributed by atoms with Crippen LogP contribution in [0, 0.1) is 0 Å². The Labute approximate surface area is 233 Å². The van der Waals surface area contributed by atoms with Crippen LogP contribution in [0.2, 0.25) is 0 Å². The quantitative estimate of drug-likeness (QED) is 0.202. The third-order valence-electron chi connectivity index (χ3n) is 7.42. The number of phenolic OH excluding ortho intramolecular Hbond substituents is 2. The van der Waals surface area contributed by atoms with Crippen molar-refractivity contribution in [2.75, 3.05) is 6.61 Å². The second-order valence-electron chi connectivity index (χ2n) is 10.2. The summed E-state index contributed by atoms with van der Waals surface area (Å²) < 4.78 is 28.6. The van der Waals surface area contributed by atoms with Gasteiger partial charge in [-0.3, -0.25) is 4.79 Å². The lowest BCUT2D eigenvalue weighted by Gasteiger charge is -2.45. The highest BCUT2D eigenvalue weighted by Gasteiger charge is 2.51. The standard InChI is InChI=1S/C27H32O14/c1-10-20(32)22(34)24(36)26(37-10)41-25-23(35)21(33)18(9-28)40-27(25)38-13-6-14(30)19-15(31)8-16(39-17(19)7-13)11-2-4-12(29)5-3-11/h2-7,10,16,18,20-30,32-36H,8-9H2,1H3/t10-,16+,18+,20-,21+,22+,23+,24+,25+,26-,27+/m0/s1. The highest BCUT2D eigenvalue weighted by molar-refractivity contribution is 6.02. The average Bonchev–Trinajstić information content (AvgIpc) is 2.94. The van der Waals surface area contributed by atoms with Gasteiger partial charge in [-0.2, -0.15) is 0 Å². The van der Waals surface area contributed by atoms with E-state index >= 15 is 0 Å². The van der Waals surface area contributed by atoms with Gasteiger partial charge in [-0.25, -0.2) is 0 Å². The molecule has 0 spiro atoms. The molecule has 0 amide bonds. The number of ketones is 1. The average molecular weight is 581 g/mol. The lowest BCUT2D eigenvalue weighted by molar-refractivity contribution is -0.354. The Hall–Kier alpha value is -3.05. The molecule has 0 unspecified atom stereocenters. The fourth-order valence-electron chi connectivity index (χ4n) is 5.07. The molecule has 0 aromatic heterocycles. The second kappa shape index (κ2) is 11.7. The molecule has 3 aliphatic rings. The zero-order chi connectivity index (χ0) is 29.6. The van der Waals surface area contributed by atoms with Gasteiger partial charge in [0.1, 0.15) is 71.3 Å². The van der Waals surface area contributed by atoms with Crippen LogP contribution in [0.3, 0.4) is 0 Å². The van der Waals surface area contributed by atoms with Gasteiger partial charge in [0, 0.05) is 12.1 Å². The minimum absolute atomic E-state index is 0.0149. The van der Waals surface area contributed by atoms with Gasteiger partial charge in [0.15, 0.2) is 18.2 Å². The molecular weight excluding hydrogens is 548 g/mol. The summed E-state index contributed by atoms with van der Waals surface area (Å²) in [4.78, 5) is 12.9. The number of ether oxygens (including phenoxy) is 5. The Morgan fingerprint density at radius 2 is 1.59 bits per heavy atom. The number of carbonyl (C=O) groups is 1. The molecular formula is C27H32O14. The van der Waals surface area contributed by atoms with Crippen molar-refractivity contribution in [3.05, 3.63) is 47.5 Å². The molecule has 5 rings (SSSR count). The first-order valence-corrected chi connectivity index (χ1v) is 13.0. The molecule has 0 saturated carbocycles. The zero-order valence-corrected chi connectivity index (χ0v) is 21.8. The van der Waals surface area contributed by atoms with E-state index < -0.39 is 85.7 Å². The predicted molar refractivity (Wildman–Crippen MR) is 134 cm³/mol. The normalized spacial score (nSPS) is 37.2. The number of benzene rings is 2. The van der Waals surface area contributed by atoms with Crippen LogP contribution in [-0.4, -0.2) is 115 Å². The number of aliphatic hydroxyl groups is 6. The Bertz CT molecular complexity index is 1240. The van der Waals surface area contributed by atoms with Crippen LogP contribution in [0.15, 0.2) is 36.4 Å². The molecule has 14 heteroatoms. The number of fused-ring (bicyclic) bond motifs is 1. The van der Waals surface area contributed by atoms with Crippen LogP contribution < -0.4 is 9.47 Å². The summed E-state index contributed by atoms with van der Waals surface area (Å²) in [6, 6.07) is 8.50. The van der Waals surface area contributed by atoms with Gasteiger partial charge in [-0.1, -0.05) is 12.1 Å². The van der Waals surface area contributed by atoms with Crippen LogP contribution >= 0.6 is 0 Å². The predicted octanol–water partition coefficient (Wildman–Crippen LogP) is -1.17. The highest BCUT2D eigenvalue weighted by atomic mass is 16.8. The maximum absolute atomic E-state index is 12.9. The molecule has 0 bridgehead atoms. The molecule has 8 N–H and O–H groups in total. The fraction of sp³-hybridized carbons (Fsp3) is 0.519. The number of rotatable bonds is 6. The first-order chi connectivity index (χ1) is 19.5. The van der Waals surface area contributed by atoms with Gasteiger partial charge in [-0.05, 0) is 24.6 Å². The number of Topliss-reactive ketones (excluding diaryl/α,β-unsaturated/α-hetero) is 1. The van der Waals surface area contributed by atoms with Crippen LogP contribution in [0.4, 0.5) is 0 Å². The molecule has 11 atom stereocenters. The molecule has 2 aromatic rings. The Morgan fingerprint density at radius 1 is 0.878 bits per heavy atom. The van der Waals surface area contributed by atoms with Gasteiger partial charge in [-0.15, -0.1) is 0 Å². The van der Waals surface area contributed by atoms with Crippen LogP contribution in [0.1, 0.15) is 35.4 Å². The van der Waals surface area contributed by atoms with Crippen molar-refractivity contribution in [2.45, 2.75) is 80.9 Å². The van der Waals surface area contributed by atoms with Crippen molar-refractivity contribution >= 4 is 5.78 Å². The van der Waals surface area contributed by atoms with Crippen molar-refractivity contribution in [3.8, 4) is 23.0 Å². The maximum atomic E-state index is 12.9. The van der Waals surface area contributed by atoms with Crippen LogP contribution in [0.25, 0.3) is 0 Å². The first-order valence-electron chi connectivity index (χ1n) is 13.0. The molecule has 3 heterocycles. The smallest absolute Gasteiger partial charge is 0.229 e. The maximum Gasteiger partial charge on any atom is 0.229 e. The number of carbonyl (C=O) groups excluding carboxylic acids is 1. The van der Waals surface area contributed by atoms with E-state index in [-0.39, 0.29) is 29.2 Å². The van der Waals surface area contributed by atoms with Gasteiger partial charge in [0.25, 0.3) is 0 Å². The Morgan fingerprint density at radius 3 is 2.27 bits per heavy atom. The van der Waals surface area contributed by atoms with E-state index in [1.54, 1.807) is 12.1 Å². The summed E-state index contributed by atoms with van der Waals surface area (Å²) in [5, 5.41) is 81.6. The molecule has 224 valence electrons. The largest absolute Gasteiger partial charge is 0.508 e. The van der Waals surface area contributed by atoms with Gasteiger partial charge in [0.05, 0.1) is 19.1 Å². The van der Waals surface area contributed by atoms with Crippen molar-refractivity contribution in [1.29, 1.82) is 0 Å². The molecule has 2 fully saturated rings. The van der Waals surface area contributed by atoms with E-state index in [0.29, 0.717) is 5.56 Å². The van der Waals surface area contributed by atoms with E-state index in [1.807, 2.05) is 0 Å². The van der Waals surface area contributed by atoms with Crippen molar-refractivity contribution < 1.29 is 69.3 Å². The molecule has 0 radical (unpaired) electrons. The number of hydrogen-bond acceptors (Lipinski definition) is 14. The summed E-state index contributed by atoms with van der Waals surface area (Å²) in [7, 11) is 0. The van der Waals surface area contributed by atoms with E-state index in [2.05, 4.69) is 0 Å². The van der Waals surface area contributed by atoms with E-state index in [9.17, 15) is 45.6 Å². The molecule has 14 nitrogen and oxygen atoms in total. The number of aromatic hydroxyl groups is 2. The molecule has 2 aromatic carbocycles. The molecule has 3 aliphatic heterocycles. The lowest BCUT2D eigenvalue weighted by Crippen LogP contribution is -2.64. The van der Waals surface area contributed by atoms with E-state index in [4.69, 9.17) is 23.7 Å². The minimum atomic E-state index is -1.75. The highest BCUT2D eigenvalue weighted by Crippen LogP contribution is 2.43. The lowest BCUT2D eigenvalue weighted by atomic mass is 9.95. The van der Waals surface area contributed by atoms with Crippen LogP contribution in [0.5, 0.6) is 23.0 Å². The summed E-state index contributed by atoms with van der Waals surface area (Å²) in [5.41, 5.74) is 0.529. The third-order valence-corrected chi connectivity index (χ3v) is 7.42. The van der Waals surface area contributed by atoms with Crippen molar-refractivity contribution in [3.63, 3.8) is 0 Å². The minimum Gasteiger partial charge on any atom is -0.508 e. The zero-order valence-electron chi connectivity index (χ0n) is 21.8. The molecule has 0 aliphatic carbocycles. The molecule has 2 saturated heterocycles. The van der Waals surface area contributed by atoms with E-state index in [0.717, 1.165) is 6.07 Å².